The third-order valence-corrected chi connectivity index (χ3v) is 7.50. The van der Waals surface area contributed by atoms with E-state index < -0.39 is 9.84 Å². The van der Waals surface area contributed by atoms with Crippen LogP contribution in [-0.4, -0.2) is 24.9 Å². The van der Waals surface area contributed by atoms with E-state index in [2.05, 4.69) is 22.4 Å². The number of nitrogens with one attached hydrogen (secondary N) is 1. The Kier molecular flexibility index (Phi) is 5.48. The first-order chi connectivity index (χ1) is 15.2. The molecule has 0 radical (unpaired) electrons. The van der Waals surface area contributed by atoms with Gasteiger partial charge in [0.05, 0.1) is 38.6 Å². The Labute approximate surface area is 190 Å². The zero-order valence-corrected chi connectivity index (χ0v) is 18.5. The van der Waals surface area contributed by atoms with Crippen molar-refractivity contribution in [1.82, 2.24) is 4.98 Å². The summed E-state index contributed by atoms with van der Waals surface area (Å²) in [6.45, 7) is 1.40. The number of hydrogen-bond acceptors (Lipinski definition) is 6. The summed E-state index contributed by atoms with van der Waals surface area (Å²) in [6, 6.07) is 16.2. The highest BCUT2D eigenvalue weighted by Gasteiger charge is 2.30. The summed E-state index contributed by atoms with van der Waals surface area (Å²) < 4.78 is 24.7. The Bertz CT molecular complexity index is 1480. The van der Waals surface area contributed by atoms with Crippen LogP contribution in [0.5, 0.6) is 0 Å². The number of sulfone groups is 1. The molecule has 0 fully saturated rings. The topological polar surface area (TPSA) is 99.9 Å². The van der Waals surface area contributed by atoms with E-state index in [9.17, 15) is 18.5 Å². The van der Waals surface area contributed by atoms with E-state index in [0.29, 0.717) is 39.9 Å². The number of Topliss-reactive ketones (excluding diaryl/α,β-unsaturated/α-hetero) is 1. The van der Waals surface area contributed by atoms with Crippen molar-refractivity contribution in [2.24, 2.45) is 0 Å². The van der Waals surface area contributed by atoms with Crippen molar-refractivity contribution in [3.8, 4) is 40.9 Å². The lowest BCUT2D eigenvalue weighted by atomic mass is 9.94. The number of pyridine rings is 1. The van der Waals surface area contributed by atoms with Crippen molar-refractivity contribution in [2.45, 2.75) is 18.2 Å². The number of fused-ring (bicyclic) bond motifs is 1. The number of nitriles is 1. The summed E-state index contributed by atoms with van der Waals surface area (Å²) >= 11 is 6.39. The van der Waals surface area contributed by atoms with Crippen LogP contribution in [0.4, 0.5) is 5.82 Å². The molecule has 0 spiro atoms. The summed E-state index contributed by atoms with van der Waals surface area (Å²) in [5.74, 6) is -0.0236. The molecule has 0 aliphatic carbocycles. The first-order valence-corrected chi connectivity index (χ1v) is 11.6. The van der Waals surface area contributed by atoms with Gasteiger partial charge in [0.1, 0.15) is 5.82 Å². The molecule has 0 unspecified atom stereocenters. The number of benzene rings is 2. The number of nitrogens with zero attached hydrogens (tertiary/aromatic N) is 2. The monoisotopic (exact) mass is 461 g/mol. The second kappa shape index (κ2) is 8.12. The number of aromatic nitrogens is 1. The molecule has 6 nitrogen and oxygen atoms in total. The van der Waals surface area contributed by atoms with Crippen molar-refractivity contribution in [2.75, 3.05) is 11.1 Å². The van der Waals surface area contributed by atoms with Crippen molar-refractivity contribution >= 4 is 33.0 Å². The molecule has 3 aromatic rings. The van der Waals surface area contributed by atoms with Crippen molar-refractivity contribution in [3.05, 3.63) is 64.2 Å². The number of terminal acetylenes is 1. The van der Waals surface area contributed by atoms with Crippen LogP contribution in [0.3, 0.4) is 0 Å². The van der Waals surface area contributed by atoms with Crippen LogP contribution in [0.1, 0.15) is 28.4 Å². The van der Waals surface area contributed by atoms with Gasteiger partial charge in [-0.25, -0.2) is 13.4 Å². The van der Waals surface area contributed by atoms with Crippen molar-refractivity contribution in [3.63, 3.8) is 0 Å². The van der Waals surface area contributed by atoms with Crippen LogP contribution in [0.25, 0.3) is 22.4 Å². The van der Waals surface area contributed by atoms with E-state index in [0.717, 1.165) is 0 Å². The lowest BCUT2D eigenvalue weighted by Crippen LogP contribution is -2.05. The second-order valence-corrected chi connectivity index (χ2v) is 9.77. The Hall–Kier alpha value is -3.65. The Balaban J connectivity index is 2.04. The maximum Gasteiger partial charge on any atom is 0.180 e. The Morgan fingerprint density at radius 3 is 2.69 bits per heavy atom. The molecule has 1 aliphatic heterocycles. The number of rotatable bonds is 4. The number of anilines is 1. The van der Waals surface area contributed by atoms with Gasteiger partial charge in [0, 0.05) is 17.2 Å². The molecule has 0 saturated heterocycles. The average molecular weight is 462 g/mol. The highest BCUT2D eigenvalue weighted by Crippen LogP contribution is 2.40. The van der Waals surface area contributed by atoms with Gasteiger partial charge in [0.25, 0.3) is 0 Å². The summed E-state index contributed by atoms with van der Waals surface area (Å²) in [6.07, 6.45) is 5.75. The van der Waals surface area contributed by atoms with E-state index in [1.54, 1.807) is 42.5 Å². The highest BCUT2D eigenvalue weighted by atomic mass is 35.5. The van der Waals surface area contributed by atoms with Gasteiger partial charge in [0.2, 0.25) is 0 Å². The van der Waals surface area contributed by atoms with E-state index in [-0.39, 0.29) is 32.8 Å². The predicted octanol–water partition coefficient (Wildman–Crippen LogP) is 4.48. The summed E-state index contributed by atoms with van der Waals surface area (Å²) in [7, 11) is -3.41. The smallest absolute Gasteiger partial charge is 0.180 e. The quantitative estimate of drug-likeness (QED) is 0.349. The molecule has 32 heavy (non-hydrogen) atoms. The van der Waals surface area contributed by atoms with Gasteiger partial charge in [-0.15, -0.1) is 0 Å². The first kappa shape index (κ1) is 21.6. The maximum absolute atomic E-state index is 12.3. The molecule has 1 aliphatic rings. The van der Waals surface area contributed by atoms with E-state index in [1.165, 1.54) is 6.92 Å². The molecule has 1 aromatic heterocycles. The first-order valence-electron chi connectivity index (χ1n) is 9.59. The fraction of sp³-hybridized carbons (Fsp3) is 0.125. The zero-order chi connectivity index (χ0) is 23.0. The molecule has 1 N–H and O–H groups in total. The number of ketones is 1. The molecule has 0 bridgehead atoms. The molecule has 0 saturated carbocycles. The molecule has 158 valence electrons. The molecule has 4 rings (SSSR count). The third-order valence-electron chi connectivity index (χ3n) is 5.24. The zero-order valence-electron chi connectivity index (χ0n) is 16.9. The fourth-order valence-electron chi connectivity index (χ4n) is 3.81. The summed E-state index contributed by atoms with van der Waals surface area (Å²) in [4.78, 5) is 17.1. The Morgan fingerprint density at radius 1 is 1.22 bits per heavy atom. The molecular formula is C24H16ClN3O3S. The van der Waals surface area contributed by atoms with E-state index in [1.807, 2.05) is 0 Å². The molecule has 0 atom stereocenters. The maximum atomic E-state index is 12.3. The lowest BCUT2D eigenvalue weighted by molar-refractivity contribution is 0.101. The van der Waals surface area contributed by atoms with Gasteiger partial charge in [-0.3, -0.25) is 10.1 Å². The molecule has 0 amide bonds. The number of hydrogen-bond donors (Lipinski definition) is 1. The van der Waals surface area contributed by atoms with Crippen LogP contribution in [0.2, 0.25) is 5.02 Å². The largest absolute Gasteiger partial charge is 0.299 e. The van der Waals surface area contributed by atoms with Crippen LogP contribution < -0.4 is 5.32 Å². The average Bonchev–Trinajstić information content (AvgIpc) is 3.08. The lowest BCUT2D eigenvalue weighted by Gasteiger charge is -2.16. The minimum Gasteiger partial charge on any atom is -0.299 e. The predicted molar refractivity (Wildman–Crippen MR) is 123 cm³/mol. The van der Waals surface area contributed by atoms with Gasteiger partial charge < -0.3 is 0 Å². The number of carbonyl (C=O) groups excluding carboxylic acids is 1. The number of carbonyl (C=O) groups is 1. The number of halogens is 1. The van der Waals surface area contributed by atoms with Crippen LogP contribution in [-0.2, 0) is 16.3 Å². The van der Waals surface area contributed by atoms with Gasteiger partial charge in [-0.2, -0.15) is 5.26 Å². The molecular weight excluding hydrogens is 446 g/mol. The molecule has 2 heterocycles. The fourth-order valence-corrected chi connectivity index (χ4v) is 6.01. The summed E-state index contributed by atoms with van der Waals surface area (Å²) in [5, 5.41) is 12.1. The van der Waals surface area contributed by atoms with Crippen LogP contribution in [0, 0.1) is 23.8 Å². The van der Waals surface area contributed by atoms with Crippen LogP contribution >= 0.6 is 11.6 Å². The third kappa shape index (κ3) is 3.73. The Morgan fingerprint density at radius 2 is 2.00 bits per heavy atom. The molecule has 2 aromatic carbocycles. The van der Waals surface area contributed by atoms with Gasteiger partial charge in [-0.05, 0) is 54.8 Å². The van der Waals surface area contributed by atoms with Crippen LogP contribution in [0.15, 0.2) is 47.4 Å². The SMILES string of the molecule is C#CNc1nc(-c2cccc(C#N)c2)c(-c2cc(Cl)c3c(c2)CCS3(=O)=O)cc1C(C)=O. The van der Waals surface area contributed by atoms with E-state index >= 15 is 0 Å². The minimum absolute atomic E-state index is 0.00452. The van der Waals surface area contributed by atoms with Crippen molar-refractivity contribution in [1.29, 1.82) is 5.26 Å². The van der Waals surface area contributed by atoms with Gasteiger partial charge >= 0.3 is 0 Å². The van der Waals surface area contributed by atoms with E-state index in [4.69, 9.17) is 18.0 Å². The standard InChI is InChI=1S/C24H16ClN3O3S/c1-3-27-24-19(14(2)29)12-20(22(28-24)16-6-4-5-15(9-16)13-26)18-10-17-7-8-32(30,31)23(17)21(25)11-18/h1,4-6,9-12H,7-8H2,2H3,(H,27,28). The second-order valence-electron chi connectivity index (χ2n) is 7.31. The number of aryl methyl sites for hydroxylation is 1. The van der Waals surface area contributed by atoms with Crippen molar-refractivity contribution < 1.29 is 13.2 Å². The summed E-state index contributed by atoms with van der Waals surface area (Å²) in [5.41, 5.74) is 3.64. The van der Waals surface area contributed by atoms with Gasteiger partial charge in [-0.1, -0.05) is 30.2 Å². The normalized spacial score (nSPS) is 13.6. The minimum atomic E-state index is -3.41. The molecule has 8 heteroatoms. The van der Waals surface area contributed by atoms with Gasteiger partial charge in [0.15, 0.2) is 15.6 Å². The highest BCUT2D eigenvalue weighted by molar-refractivity contribution is 7.91.